The maximum absolute atomic E-state index is 2.47. The lowest BCUT2D eigenvalue weighted by Gasteiger charge is -2.24. The van der Waals surface area contributed by atoms with Crippen molar-refractivity contribution >= 4 is 43.1 Å². The summed E-state index contributed by atoms with van der Waals surface area (Å²) in [7, 11) is 0. The Morgan fingerprint density at radius 1 is 0.259 bits per heavy atom. The molecule has 0 saturated carbocycles. The van der Waals surface area contributed by atoms with E-state index in [0.29, 0.717) is 0 Å². The second-order valence-corrected chi connectivity index (χ2v) is 17.5. The van der Waals surface area contributed by atoms with Crippen molar-refractivity contribution in [1.29, 1.82) is 0 Å². The van der Waals surface area contributed by atoms with Gasteiger partial charge in [0.15, 0.2) is 0 Å². The Hall–Kier alpha value is -6.76. The lowest BCUT2D eigenvalue weighted by molar-refractivity contribution is 0.660. The molecule has 0 fully saturated rings. The van der Waals surface area contributed by atoms with Crippen LogP contribution < -0.4 is 0 Å². The summed E-state index contributed by atoms with van der Waals surface area (Å²) in [5.41, 5.74) is 18.6. The van der Waals surface area contributed by atoms with E-state index in [-0.39, 0.29) is 10.8 Å². The Kier molecular flexibility index (Phi) is 6.84. The van der Waals surface area contributed by atoms with Crippen LogP contribution in [0.4, 0.5) is 0 Å². The van der Waals surface area contributed by atoms with E-state index in [1.54, 1.807) is 0 Å². The summed E-state index contributed by atoms with van der Waals surface area (Å²) in [6.07, 6.45) is 0. The lowest BCUT2D eigenvalue weighted by Crippen LogP contribution is -2.15. The molecule has 10 aromatic rings. The summed E-state index contributed by atoms with van der Waals surface area (Å²) in [4.78, 5) is 0. The molecule has 0 atom stereocenters. The predicted octanol–water partition coefficient (Wildman–Crippen LogP) is 15.9. The van der Waals surface area contributed by atoms with Crippen LogP contribution in [0.5, 0.6) is 0 Å². The molecule has 0 amide bonds. The fraction of sp³-hybridized carbons (Fsp3) is 0.103. The van der Waals surface area contributed by atoms with Crippen molar-refractivity contribution in [3.63, 3.8) is 0 Å². The van der Waals surface area contributed by atoms with Crippen molar-refractivity contribution in [3.05, 3.63) is 204 Å². The van der Waals surface area contributed by atoms with Gasteiger partial charge in [0.05, 0.1) is 0 Å². The molecule has 0 radical (unpaired) electrons. The summed E-state index contributed by atoms with van der Waals surface area (Å²) in [5, 5.41) is 10.5. The smallest absolute Gasteiger partial charge is 0.0165 e. The second-order valence-electron chi connectivity index (χ2n) is 17.5. The lowest BCUT2D eigenvalue weighted by atomic mass is 9.79. The Morgan fingerprint density at radius 3 is 1.33 bits per heavy atom. The fourth-order valence-corrected chi connectivity index (χ4v) is 11.2. The van der Waals surface area contributed by atoms with Crippen LogP contribution in [0.2, 0.25) is 0 Å². The van der Waals surface area contributed by atoms with Crippen molar-refractivity contribution in [2.75, 3.05) is 0 Å². The van der Waals surface area contributed by atoms with Gasteiger partial charge in [0.2, 0.25) is 0 Å². The van der Waals surface area contributed by atoms with Gasteiger partial charge in [0.1, 0.15) is 0 Å². The van der Waals surface area contributed by atoms with Crippen LogP contribution in [0.3, 0.4) is 0 Å². The molecule has 2 aliphatic carbocycles. The van der Waals surface area contributed by atoms with E-state index in [1.807, 2.05) is 0 Å². The van der Waals surface area contributed by atoms with Gasteiger partial charge < -0.3 is 0 Å². The van der Waals surface area contributed by atoms with E-state index in [1.165, 1.54) is 121 Å². The van der Waals surface area contributed by atoms with Crippen molar-refractivity contribution < 1.29 is 0 Å². The maximum Gasteiger partial charge on any atom is 0.0165 e. The fourth-order valence-electron chi connectivity index (χ4n) is 11.2. The molecule has 0 nitrogen and oxygen atoms in total. The highest BCUT2D eigenvalue weighted by atomic mass is 14.4. The minimum absolute atomic E-state index is 0.0627. The number of benzene rings is 10. The van der Waals surface area contributed by atoms with Crippen LogP contribution in [-0.4, -0.2) is 0 Å². The first-order valence-electron chi connectivity index (χ1n) is 20.7. The number of hydrogen-bond acceptors (Lipinski definition) is 0. The molecule has 0 aromatic heterocycles. The SMILES string of the molecule is CC1(C)c2ccccc2-c2ccc(-c3c4ccccc4c(-c4ccc(-c5cccc6c5-c5c(c7ccccc7c7ccccc57)C6(C)C)cc4)c4ccccc34)cc21. The van der Waals surface area contributed by atoms with Crippen LogP contribution in [-0.2, 0) is 10.8 Å². The summed E-state index contributed by atoms with van der Waals surface area (Å²) in [6, 6.07) is 68.6. The van der Waals surface area contributed by atoms with Crippen LogP contribution in [0, 0.1) is 0 Å². The van der Waals surface area contributed by atoms with Crippen molar-refractivity contribution in [2.24, 2.45) is 0 Å². The third-order valence-electron chi connectivity index (χ3n) is 13.8. The van der Waals surface area contributed by atoms with Gasteiger partial charge in [-0.1, -0.05) is 204 Å². The first kappa shape index (κ1) is 33.4. The molecular weight excluding hydrogens is 697 g/mol. The highest BCUT2D eigenvalue weighted by Crippen LogP contribution is 2.57. The van der Waals surface area contributed by atoms with Gasteiger partial charge in [-0.3, -0.25) is 0 Å². The zero-order valence-corrected chi connectivity index (χ0v) is 33.3. The Morgan fingerprint density at radius 2 is 0.690 bits per heavy atom. The zero-order valence-electron chi connectivity index (χ0n) is 33.3. The molecule has 0 spiro atoms. The first-order valence-corrected chi connectivity index (χ1v) is 20.7. The van der Waals surface area contributed by atoms with E-state index in [4.69, 9.17) is 0 Å². The van der Waals surface area contributed by atoms with E-state index < -0.39 is 0 Å². The molecule has 2 aliphatic rings. The molecule has 0 saturated heterocycles. The van der Waals surface area contributed by atoms with Crippen molar-refractivity contribution in [1.82, 2.24) is 0 Å². The molecule has 58 heavy (non-hydrogen) atoms. The van der Waals surface area contributed by atoms with E-state index in [0.717, 1.165) is 0 Å². The van der Waals surface area contributed by atoms with E-state index in [9.17, 15) is 0 Å². The third-order valence-corrected chi connectivity index (χ3v) is 13.8. The third kappa shape index (κ3) is 4.41. The molecule has 0 aliphatic heterocycles. The number of fused-ring (bicyclic) bond motifs is 13. The van der Waals surface area contributed by atoms with Gasteiger partial charge in [-0.2, -0.15) is 0 Å². The second kappa shape index (κ2) is 11.9. The van der Waals surface area contributed by atoms with Gasteiger partial charge in [-0.15, -0.1) is 0 Å². The Bertz CT molecular complexity index is 3320. The molecule has 12 rings (SSSR count). The maximum atomic E-state index is 2.47. The van der Waals surface area contributed by atoms with E-state index in [2.05, 4.69) is 210 Å². The summed E-state index contributed by atoms with van der Waals surface area (Å²) in [5.74, 6) is 0. The van der Waals surface area contributed by atoms with Gasteiger partial charge in [-0.05, 0) is 127 Å². The van der Waals surface area contributed by atoms with Crippen molar-refractivity contribution in [2.45, 2.75) is 38.5 Å². The normalized spacial score (nSPS) is 14.5. The van der Waals surface area contributed by atoms with Gasteiger partial charge in [0, 0.05) is 10.8 Å². The minimum atomic E-state index is -0.137. The average molecular weight is 739 g/mol. The van der Waals surface area contributed by atoms with Gasteiger partial charge in [-0.25, -0.2) is 0 Å². The van der Waals surface area contributed by atoms with Crippen molar-refractivity contribution in [3.8, 4) is 55.6 Å². The first-order chi connectivity index (χ1) is 28.3. The zero-order chi connectivity index (χ0) is 38.9. The summed E-state index contributed by atoms with van der Waals surface area (Å²) >= 11 is 0. The molecule has 0 unspecified atom stereocenters. The molecule has 0 bridgehead atoms. The standard InChI is InChI=1S/C58H42/c1-57(2)49-26-14-13-18-41(49)42-33-32-37(34-51(42)57)53-46-22-10-8-20-44(46)52(45-21-9-11-23-47(45)53)36-30-28-35(29-31-36)38-25-15-27-50-54(38)55-43-19-7-5-16-39(43)40-17-6-12-24-48(40)56(55)58(50,3)4/h5-34H,1-4H3. The van der Waals surface area contributed by atoms with Crippen LogP contribution >= 0.6 is 0 Å². The highest BCUT2D eigenvalue weighted by Gasteiger charge is 2.40. The molecule has 0 heteroatoms. The summed E-state index contributed by atoms with van der Waals surface area (Å²) < 4.78 is 0. The Labute approximate surface area is 340 Å². The van der Waals surface area contributed by atoms with Crippen LogP contribution in [0.25, 0.3) is 98.7 Å². The quantitative estimate of drug-likeness (QED) is 0.125. The van der Waals surface area contributed by atoms with E-state index >= 15 is 0 Å². The Balaban J connectivity index is 1.04. The highest BCUT2D eigenvalue weighted by molar-refractivity contribution is 6.22. The molecule has 0 heterocycles. The van der Waals surface area contributed by atoms with Gasteiger partial charge in [0.25, 0.3) is 0 Å². The number of hydrogen-bond donors (Lipinski definition) is 0. The molecule has 274 valence electrons. The topological polar surface area (TPSA) is 0 Å². The molecule has 10 aromatic carbocycles. The minimum Gasteiger partial charge on any atom is -0.0619 e. The molecule has 0 N–H and O–H groups in total. The predicted molar refractivity (Wildman–Crippen MR) is 248 cm³/mol. The molecular formula is C58H42. The monoisotopic (exact) mass is 738 g/mol. The average Bonchev–Trinajstić information content (AvgIpc) is 3.65. The van der Waals surface area contributed by atoms with Crippen LogP contribution in [0.1, 0.15) is 49.9 Å². The van der Waals surface area contributed by atoms with Gasteiger partial charge >= 0.3 is 0 Å². The van der Waals surface area contributed by atoms with Crippen LogP contribution in [0.15, 0.2) is 182 Å². The largest absolute Gasteiger partial charge is 0.0619 e. The summed E-state index contributed by atoms with van der Waals surface area (Å²) in [6.45, 7) is 9.57. The number of rotatable bonds is 3.